The number of carbonyl (C=O) groups is 1. The van der Waals surface area contributed by atoms with Gasteiger partial charge in [0.25, 0.3) is 5.91 Å². The third-order valence-corrected chi connectivity index (χ3v) is 5.90. The first-order chi connectivity index (χ1) is 14.5. The Labute approximate surface area is 182 Å². The first-order valence-electron chi connectivity index (χ1n) is 9.23. The first-order valence-corrected chi connectivity index (χ1v) is 10.4. The summed E-state index contributed by atoms with van der Waals surface area (Å²) in [7, 11) is 0. The molecule has 0 atom stereocenters. The molecule has 1 amide bonds. The van der Waals surface area contributed by atoms with Crippen molar-refractivity contribution in [3.63, 3.8) is 0 Å². The quantitative estimate of drug-likeness (QED) is 0.376. The smallest absolute Gasteiger partial charge is 0.279 e. The van der Waals surface area contributed by atoms with Gasteiger partial charge in [-0.3, -0.25) is 9.69 Å². The Balaban J connectivity index is 1.80. The molecule has 0 aliphatic rings. The van der Waals surface area contributed by atoms with Gasteiger partial charge in [0.2, 0.25) is 0 Å². The summed E-state index contributed by atoms with van der Waals surface area (Å²) in [4.78, 5) is 24.6. The number of carbonyl (C=O) groups excluding carboxylic acids is 1. The molecule has 0 unspecified atom stereocenters. The molecule has 150 valence electrons. The number of hydrogen-bond acceptors (Lipinski definition) is 4. The lowest BCUT2D eigenvalue weighted by molar-refractivity contribution is 0.0980. The molecule has 7 heteroatoms. The Bertz CT molecular complexity index is 1160. The molecule has 0 fully saturated rings. The second-order valence-electron chi connectivity index (χ2n) is 6.56. The molecule has 4 aromatic rings. The molecule has 2 aromatic heterocycles. The van der Waals surface area contributed by atoms with Crippen molar-refractivity contribution in [3.8, 4) is 10.4 Å². The summed E-state index contributed by atoms with van der Waals surface area (Å²) in [6.07, 6.45) is 1.59. The van der Waals surface area contributed by atoms with E-state index < -0.39 is 5.82 Å². The van der Waals surface area contributed by atoms with Crippen LogP contribution in [0.2, 0.25) is 5.02 Å². The number of aromatic nitrogens is 2. The number of amides is 1. The molecule has 4 nitrogen and oxygen atoms in total. The highest BCUT2D eigenvalue weighted by atomic mass is 35.5. The zero-order chi connectivity index (χ0) is 21.1. The van der Waals surface area contributed by atoms with Crippen LogP contribution in [0.25, 0.3) is 10.4 Å². The second kappa shape index (κ2) is 8.73. The normalized spacial score (nSPS) is 10.8. The highest BCUT2D eigenvalue weighted by Crippen LogP contribution is 2.32. The van der Waals surface area contributed by atoms with Gasteiger partial charge in [0.15, 0.2) is 0 Å². The van der Waals surface area contributed by atoms with E-state index in [0.717, 1.165) is 15.4 Å². The fraction of sp³-hybridized carbons (Fsp3) is 0.0870. The van der Waals surface area contributed by atoms with Gasteiger partial charge in [-0.25, -0.2) is 14.4 Å². The van der Waals surface area contributed by atoms with Crippen LogP contribution in [-0.4, -0.2) is 15.9 Å². The number of benzene rings is 2. The van der Waals surface area contributed by atoms with Gasteiger partial charge in [-0.05, 0) is 36.8 Å². The van der Waals surface area contributed by atoms with Crippen LogP contribution < -0.4 is 4.90 Å². The molecule has 2 aromatic carbocycles. The maximum Gasteiger partial charge on any atom is 0.279 e. The van der Waals surface area contributed by atoms with E-state index in [1.807, 2.05) is 37.3 Å². The van der Waals surface area contributed by atoms with E-state index in [-0.39, 0.29) is 23.0 Å². The summed E-state index contributed by atoms with van der Waals surface area (Å²) in [6, 6.07) is 19.3. The number of halogens is 2. The molecule has 0 N–H and O–H groups in total. The summed E-state index contributed by atoms with van der Waals surface area (Å²) in [6.45, 7) is 1.79. The molecule has 0 saturated heterocycles. The van der Waals surface area contributed by atoms with E-state index in [0.29, 0.717) is 11.5 Å². The lowest BCUT2D eigenvalue weighted by atomic mass is 10.1. The van der Waals surface area contributed by atoms with Crippen molar-refractivity contribution in [2.24, 2.45) is 0 Å². The van der Waals surface area contributed by atoms with Crippen molar-refractivity contribution < 1.29 is 9.18 Å². The summed E-state index contributed by atoms with van der Waals surface area (Å²) < 4.78 is 14.5. The average Bonchev–Trinajstić information content (AvgIpc) is 3.16. The summed E-state index contributed by atoms with van der Waals surface area (Å²) in [5, 5.41) is 1.02. The maximum absolute atomic E-state index is 14.5. The molecular formula is C23H17ClFN3OS. The number of thiazole rings is 1. The van der Waals surface area contributed by atoms with Gasteiger partial charge in [-0.1, -0.05) is 54.1 Å². The fourth-order valence-corrected chi connectivity index (χ4v) is 4.24. The van der Waals surface area contributed by atoms with Gasteiger partial charge in [-0.2, -0.15) is 0 Å². The van der Waals surface area contributed by atoms with Crippen molar-refractivity contribution in [2.75, 3.05) is 4.90 Å². The minimum atomic E-state index is -0.478. The molecule has 2 heterocycles. The minimum absolute atomic E-state index is 0.0633. The van der Waals surface area contributed by atoms with Gasteiger partial charge in [0.1, 0.15) is 17.3 Å². The van der Waals surface area contributed by atoms with Gasteiger partial charge < -0.3 is 0 Å². The Morgan fingerprint density at radius 1 is 1.07 bits per heavy atom. The SMILES string of the molecule is Cc1nc(C(=O)N(Cc2c(F)cccc2Cl)c2ccccn2)c(-c2ccccc2)s1. The third-order valence-electron chi connectivity index (χ3n) is 4.52. The fourth-order valence-electron chi connectivity index (χ4n) is 3.10. The number of rotatable bonds is 5. The predicted octanol–water partition coefficient (Wildman–Crippen LogP) is 6.15. The second-order valence-corrected chi connectivity index (χ2v) is 8.17. The Morgan fingerprint density at radius 3 is 2.53 bits per heavy atom. The van der Waals surface area contributed by atoms with Gasteiger partial charge >= 0.3 is 0 Å². The standard InChI is InChI=1S/C23H17ClFN3OS/c1-15-27-21(22(30-15)16-8-3-2-4-9-16)23(29)28(20-12-5-6-13-26-20)14-17-18(24)10-7-11-19(17)25/h2-13H,14H2,1H3. The number of aryl methyl sites for hydroxylation is 1. The van der Waals surface area contributed by atoms with E-state index >= 15 is 0 Å². The van der Waals surface area contributed by atoms with Crippen LogP contribution in [-0.2, 0) is 6.54 Å². The van der Waals surface area contributed by atoms with Crippen LogP contribution >= 0.6 is 22.9 Å². The molecule has 0 saturated carbocycles. The van der Waals surface area contributed by atoms with Crippen LogP contribution in [0.5, 0.6) is 0 Å². The predicted molar refractivity (Wildman–Crippen MR) is 118 cm³/mol. The molecule has 0 radical (unpaired) electrons. The molecule has 0 aliphatic heterocycles. The molecule has 0 aliphatic carbocycles. The zero-order valence-electron chi connectivity index (χ0n) is 16.0. The Morgan fingerprint density at radius 2 is 1.83 bits per heavy atom. The Kier molecular flexibility index (Phi) is 5.88. The maximum atomic E-state index is 14.5. The van der Waals surface area contributed by atoms with E-state index in [1.165, 1.54) is 28.4 Å². The van der Waals surface area contributed by atoms with Crippen molar-refractivity contribution in [1.82, 2.24) is 9.97 Å². The average molecular weight is 438 g/mol. The Hall–Kier alpha value is -3.09. The van der Waals surface area contributed by atoms with E-state index in [9.17, 15) is 9.18 Å². The highest BCUT2D eigenvalue weighted by molar-refractivity contribution is 7.15. The van der Waals surface area contributed by atoms with Crippen molar-refractivity contribution in [3.05, 3.63) is 100 Å². The first kappa shape index (κ1) is 20.2. The van der Waals surface area contributed by atoms with E-state index in [1.54, 1.807) is 30.5 Å². The number of pyridine rings is 1. The summed E-state index contributed by atoms with van der Waals surface area (Å²) in [5.74, 6) is -0.448. The highest BCUT2D eigenvalue weighted by Gasteiger charge is 2.27. The lowest BCUT2D eigenvalue weighted by Crippen LogP contribution is -2.32. The zero-order valence-corrected chi connectivity index (χ0v) is 17.6. The third kappa shape index (κ3) is 4.10. The van der Waals surface area contributed by atoms with Crippen molar-refractivity contribution in [2.45, 2.75) is 13.5 Å². The molecule has 0 bridgehead atoms. The summed E-state index contributed by atoms with van der Waals surface area (Å²) >= 11 is 7.67. The number of nitrogens with zero attached hydrogens (tertiary/aromatic N) is 3. The van der Waals surface area contributed by atoms with E-state index in [4.69, 9.17) is 11.6 Å². The minimum Gasteiger partial charge on any atom is -0.287 e. The van der Waals surface area contributed by atoms with Crippen molar-refractivity contribution >= 4 is 34.7 Å². The van der Waals surface area contributed by atoms with Crippen molar-refractivity contribution in [1.29, 1.82) is 0 Å². The molecule has 0 spiro atoms. The molecule has 4 rings (SSSR count). The van der Waals surface area contributed by atoms with Gasteiger partial charge in [-0.15, -0.1) is 11.3 Å². The van der Waals surface area contributed by atoms with E-state index in [2.05, 4.69) is 9.97 Å². The molecule has 30 heavy (non-hydrogen) atoms. The van der Waals surface area contributed by atoms with Gasteiger partial charge in [0.05, 0.1) is 16.4 Å². The number of hydrogen-bond donors (Lipinski definition) is 0. The number of anilines is 1. The van der Waals surface area contributed by atoms with Crippen LogP contribution in [0.4, 0.5) is 10.2 Å². The lowest BCUT2D eigenvalue weighted by Gasteiger charge is -2.22. The van der Waals surface area contributed by atoms with Crippen LogP contribution in [0.1, 0.15) is 21.1 Å². The van der Waals surface area contributed by atoms with Crippen LogP contribution in [0.3, 0.4) is 0 Å². The van der Waals surface area contributed by atoms with Crippen LogP contribution in [0, 0.1) is 12.7 Å². The van der Waals surface area contributed by atoms with Crippen LogP contribution in [0.15, 0.2) is 72.9 Å². The molecular weight excluding hydrogens is 421 g/mol. The summed E-state index contributed by atoms with van der Waals surface area (Å²) in [5.41, 5.74) is 1.43. The largest absolute Gasteiger partial charge is 0.287 e. The van der Waals surface area contributed by atoms with Gasteiger partial charge in [0, 0.05) is 16.8 Å². The monoisotopic (exact) mass is 437 g/mol. The topological polar surface area (TPSA) is 46.1 Å².